The lowest BCUT2D eigenvalue weighted by Crippen LogP contribution is -2.39. The van der Waals surface area contributed by atoms with E-state index in [1.165, 1.54) is 18.3 Å². The lowest BCUT2D eigenvalue weighted by Gasteiger charge is -2.14. The molecule has 1 amide bonds. The van der Waals surface area contributed by atoms with Gasteiger partial charge in [0.2, 0.25) is 5.91 Å². The number of aliphatic imine (C=N–C) groups is 1. The quantitative estimate of drug-likeness (QED) is 0.429. The number of hydrogen-bond acceptors (Lipinski definition) is 4. The highest BCUT2D eigenvalue weighted by Crippen LogP contribution is 2.26. The molecule has 1 aromatic heterocycles. The van der Waals surface area contributed by atoms with Crippen molar-refractivity contribution in [2.75, 3.05) is 18.4 Å². The molecule has 140 valence electrons. The van der Waals surface area contributed by atoms with Crippen LogP contribution in [0.25, 0.3) is 0 Å². The predicted octanol–water partition coefficient (Wildman–Crippen LogP) is 3.15. The molecule has 1 aromatic carbocycles. The van der Waals surface area contributed by atoms with Crippen molar-refractivity contribution >= 4 is 40.5 Å². The second kappa shape index (κ2) is 10.2. The molecule has 0 spiro atoms. The van der Waals surface area contributed by atoms with Crippen molar-refractivity contribution in [3.8, 4) is 0 Å². The van der Waals surface area contributed by atoms with Gasteiger partial charge >= 0.3 is 0 Å². The van der Waals surface area contributed by atoms with Crippen LogP contribution in [0.1, 0.15) is 30.4 Å². The number of aliphatic hydroxyl groups excluding tert-OH is 1. The zero-order chi connectivity index (χ0) is 18.9. The van der Waals surface area contributed by atoms with Crippen LogP contribution in [-0.4, -0.2) is 30.1 Å². The number of halogens is 1. The summed E-state index contributed by atoms with van der Waals surface area (Å²) in [5.74, 6) is 0.502. The number of rotatable bonds is 7. The topological polar surface area (TPSA) is 85.8 Å². The largest absolute Gasteiger partial charge is 0.386 e. The van der Waals surface area contributed by atoms with Crippen molar-refractivity contribution in [2.24, 2.45) is 4.99 Å². The molecular weight excluding hydrogens is 372 g/mol. The predicted molar refractivity (Wildman–Crippen MR) is 108 cm³/mol. The van der Waals surface area contributed by atoms with Gasteiger partial charge in [0, 0.05) is 30.6 Å². The van der Waals surface area contributed by atoms with Crippen LogP contribution in [0, 0.1) is 0 Å². The Morgan fingerprint density at radius 2 is 2.12 bits per heavy atom. The maximum atomic E-state index is 11.2. The number of carbonyl (C=O) groups excluding carboxylic acids is 1. The maximum Gasteiger partial charge on any atom is 0.221 e. The van der Waals surface area contributed by atoms with Gasteiger partial charge in [-0.2, -0.15) is 0 Å². The fraction of sp³-hybridized carbons (Fsp3) is 0.333. The molecule has 1 heterocycles. The molecule has 2 aromatic rings. The van der Waals surface area contributed by atoms with E-state index in [1.807, 2.05) is 37.3 Å². The van der Waals surface area contributed by atoms with E-state index >= 15 is 0 Å². The molecule has 6 nitrogen and oxygen atoms in total. The molecule has 0 fully saturated rings. The molecule has 8 heteroatoms. The Morgan fingerprint density at radius 3 is 2.77 bits per heavy atom. The molecule has 4 N–H and O–H groups in total. The van der Waals surface area contributed by atoms with Crippen LogP contribution in [0.4, 0.5) is 5.69 Å². The molecule has 0 aliphatic rings. The molecule has 0 radical (unpaired) electrons. The number of carbonyl (C=O) groups is 1. The van der Waals surface area contributed by atoms with Crippen LogP contribution in [0.3, 0.4) is 0 Å². The summed E-state index contributed by atoms with van der Waals surface area (Å²) in [7, 11) is 0. The van der Waals surface area contributed by atoms with E-state index in [-0.39, 0.29) is 5.91 Å². The first-order chi connectivity index (χ1) is 12.5. The van der Waals surface area contributed by atoms with Crippen molar-refractivity contribution in [1.29, 1.82) is 0 Å². The Kier molecular flexibility index (Phi) is 7.90. The van der Waals surface area contributed by atoms with Crippen molar-refractivity contribution in [3.63, 3.8) is 0 Å². The molecule has 0 aliphatic carbocycles. The Balaban J connectivity index is 1.96. The monoisotopic (exact) mass is 394 g/mol. The van der Waals surface area contributed by atoms with Crippen molar-refractivity contribution in [2.45, 2.75) is 26.5 Å². The number of hydrogen-bond donors (Lipinski definition) is 4. The number of thiophene rings is 1. The number of guanidine groups is 1. The second-order valence-corrected chi connectivity index (χ2v) is 7.36. The zero-order valence-electron chi connectivity index (χ0n) is 14.8. The van der Waals surface area contributed by atoms with Crippen LogP contribution < -0.4 is 16.0 Å². The van der Waals surface area contributed by atoms with Gasteiger partial charge in [0.1, 0.15) is 6.10 Å². The van der Waals surface area contributed by atoms with Crippen LogP contribution in [0.5, 0.6) is 0 Å². The van der Waals surface area contributed by atoms with Gasteiger partial charge in [-0.25, -0.2) is 4.99 Å². The number of nitrogens with zero attached hydrogens (tertiary/aromatic N) is 1. The van der Waals surface area contributed by atoms with E-state index in [4.69, 9.17) is 11.6 Å². The van der Waals surface area contributed by atoms with Gasteiger partial charge < -0.3 is 21.1 Å². The standard InChI is InChI=1S/C18H23ClN4O2S/c1-3-20-18(22-11-15(25)16-7-8-17(19)26-16)21-10-13-5-4-6-14(9-13)23-12(2)24/h4-9,15,25H,3,10-11H2,1-2H3,(H,23,24)(H2,20,21,22). The number of nitrogens with one attached hydrogen (secondary N) is 3. The highest BCUT2D eigenvalue weighted by molar-refractivity contribution is 7.16. The Labute approximate surface area is 162 Å². The van der Waals surface area contributed by atoms with Gasteiger partial charge in [-0.05, 0) is 36.8 Å². The molecule has 0 saturated carbocycles. The summed E-state index contributed by atoms with van der Waals surface area (Å²) in [4.78, 5) is 16.5. The van der Waals surface area contributed by atoms with E-state index in [0.717, 1.165) is 16.1 Å². The van der Waals surface area contributed by atoms with Crippen LogP contribution in [0.15, 0.2) is 41.4 Å². The van der Waals surface area contributed by atoms with Gasteiger partial charge in [-0.15, -0.1) is 11.3 Å². The summed E-state index contributed by atoms with van der Waals surface area (Å²) >= 11 is 7.26. The molecule has 1 atom stereocenters. The molecule has 0 aliphatic heterocycles. The van der Waals surface area contributed by atoms with Gasteiger partial charge in [0.25, 0.3) is 0 Å². The second-order valence-electron chi connectivity index (χ2n) is 5.62. The van der Waals surface area contributed by atoms with Gasteiger partial charge in [0.15, 0.2) is 5.96 Å². The van der Waals surface area contributed by atoms with Gasteiger partial charge in [-0.3, -0.25) is 4.79 Å². The van der Waals surface area contributed by atoms with E-state index in [2.05, 4.69) is 20.9 Å². The minimum absolute atomic E-state index is 0.108. The SMILES string of the molecule is CCNC(=NCc1cccc(NC(C)=O)c1)NCC(O)c1ccc(Cl)s1. The molecule has 2 rings (SSSR count). The van der Waals surface area contributed by atoms with Crippen LogP contribution >= 0.6 is 22.9 Å². The Bertz CT molecular complexity index is 763. The number of anilines is 1. The third kappa shape index (κ3) is 6.67. The van der Waals surface area contributed by atoms with E-state index < -0.39 is 6.10 Å². The lowest BCUT2D eigenvalue weighted by molar-refractivity contribution is -0.114. The first-order valence-corrected chi connectivity index (χ1v) is 9.49. The number of amides is 1. The summed E-state index contributed by atoms with van der Waals surface area (Å²) in [6.07, 6.45) is -0.653. The van der Waals surface area contributed by atoms with Gasteiger partial charge in [-0.1, -0.05) is 23.7 Å². The number of aliphatic hydroxyl groups is 1. The molecule has 0 bridgehead atoms. The minimum Gasteiger partial charge on any atom is -0.386 e. The van der Waals surface area contributed by atoms with E-state index in [0.29, 0.717) is 29.9 Å². The van der Waals surface area contributed by atoms with Crippen LogP contribution in [-0.2, 0) is 11.3 Å². The summed E-state index contributed by atoms with van der Waals surface area (Å²) in [6, 6.07) is 11.1. The van der Waals surface area contributed by atoms with Crippen LogP contribution in [0.2, 0.25) is 4.34 Å². The summed E-state index contributed by atoms with van der Waals surface area (Å²) in [5.41, 5.74) is 1.71. The average Bonchev–Trinajstić information content (AvgIpc) is 3.03. The molecule has 1 unspecified atom stereocenters. The Hall–Kier alpha value is -2.09. The minimum atomic E-state index is -0.653. The number of benzene rings is 1. The summed E-state index contributed by atoms with van der Waals surface area (Å²) in [5, 5.41) is 19.3. The summed E-state index contributed by atoms with van der Waals surface area (Å²) in [6.45, 7) is 4.94. The first-order valence-electron chi connectivity index (χ1n) is 8.30. The molecule has 26 heavy (non-hydrogen) atoms. The highest BCUT2D eigenvalue weighted by atomic mass is 35.5. The lowest BCUT2D eigenvalue weighted by atomic mass is 10.2. The maximum absolute atomic E-state index is 11.2. The fourth-order valence-corrected chi connectivity index (χ4v) is 3.31. The molecular formula is C18H23ClN4O2S. The summed E-state index contributed by atoms with van der Waals surface area (Å²) < 4.78 is 0.652. The van der Waals surface area contributed by atoms with Gasteiger partial charge in [0.05, 0.1) is 10.9 Å². The third-order valence-electron chi connectivity index (χ3n) is 3.40. The third-order valence-corrected chi connectivity index (χ3v) is 4.73. The van der Waals surface area contributed by atoms with Crippen molar-refractivity contribution < 1.29 is 9.90 Å². The fourth-order valence-electron chi connectivity index (χ4n) is 2.26. The van der Waals surface area contributed by atoms with Crippen molar-refractivity contribution in [3.05, 3.63) is 51.2 Å². The highest BCUT2D eigenvalue weighted by Gasteiger charge is 2.11. The normalized spacial score (nSPS) is 12.5. The smallest absolute Gasteiger partial charge is 0.221 e. The van der Waals surface area contributed by atoms with E-state index in [1.54, 1.807) is 6.07 Å². The zero-order valence-corrected chi connectivity index (χ0v) is 16.3. The molecule has 0 saturated heterocycles. The average molecular weight is 395 g/mol. The van der Waals surface area contributed by atoms with E-state index in [9.17, 15) is 9.90 Å². The van der Waals surface area contributed by atoms with Crippen molar-refractivity contribution in [1.82, 2.24) is 10.6 Å². The Morgan fingerprint density at radius 1 is 1.31 bits per heavy atom. The first kappa shape index (κ1) is 20.2.